The summed E-state index contributed by atoms with van der Waals surface area (Å²) in [6, 6.07) is 14.9. The largest absolute Gasteiger partial charge is 0.497 e. The molecule has 1 unspecified atom stereocenters. The lowest BCUT2D eigenvalue weighted by Gasteiger charge is -2.38. The molecular formula is C22H23N3O5S2. The number of benzene rings is 2. The zero-order valence-corrected chi connectivity index (χ0v) is 19.3. The Morgan fingerprint density at radius 2 is 1.78 bits per heavy atom. The number of thiazole rings is 1. The first kappa shape index (κ1) is 22.3. The van der Waals surface area contributed by atoms with Gasteiger partial charge < -0.3 is 14.4 Å². The lowest BCUT2D eigenvalue weighted by Crippen LogP contribution is -2.58. The molecule has 1 aliphatic rings. The van der Waals surface area contributed by atoms with Gasteiger partial charge in [-0.1, -0.05) is 30.3 Å². The summed E-state index contributed by atoms with van der Waals surface area (Å²) in [6.07, 6.45) is 0. The van der Waals surface area contributed by atoms with Crippen molar-refractivity contribution < 1.29 is 22.7 Å². The van der Waals surface area contributed by atoms with Crippen LogP contribution in [-0.4, -0.2) is 63.6 Å². The first-order chi connectivity index (χ1) is 15.4. The molecule has 3 aromatic rings. The monoisotopic (exact) mass is 473 g/mol. The Bertz CT molecular complexity index is 1180. The molecule has 0 radical (unpaired) electrons. The first-order valence-corrected chi connectivity index (χ1v) is 12.3. The van der Waals surface area contributed by atoms with Crippen LogP contribution < -0.4 is 9.64 Å². The van der Waals surface area contributed by atoms with Gasteiger partial charge in [0.25, 0.3) is 0 Å². The van der Waals surface area contributed by atoms with Crippen LogP contribution >= 0.6 is 11.3 Å². The van der Waals surface area contributed by atoms with Crippen LogP contribution in [0.5, 0.6) is 5.75 Å². The van der Waals surface area contributed by atoms with E-state index in [1.807, 2.05) is 40.6 Å². The maximum absolute atomic E-state index is 13.3. The van der Waals surface area contributed by atoms with Crippen molar-refractivity contribution in [1.82, 2.24) is 9.29 Å². The quantitative estimate of drug-likeness (QED) is 0.509. The fraction of sp³-hybridized carbons (Fsp3) is 0.273. The number of piperazine rings is 1. The van der Waals surface area contributed by atoms with Gasteiger partial charge >= 0.3 is 5.97 Å². The van der Waals surface area contributed by atoms with Crippen molar-refractivity contribution in [3.8, 4) is 17.0 Å². The predicted octanol–water partition coefficient (Wildman–Crippen LogP) is 2.87. The maximum Gasteiger partial charge on any atom is 0.326 e. The van der Waals surface area contributed by atoms with Crippen LogP contribution in [0, 0.1) is 0 Å². The van der Waals surface area contributed by atoms with Crippen LogP contribution in [0.4, 0.5) is 5.13 Å². The molecule has 32 heavy (non-hydrogen) atoms. The number of anilines is 1. The summed E-state index contributed by atoms with van der Waals surface area (Å²) in [5.41, 5.74) is 1.84. The lowest BCUT2D eigenvalue weighted by molar-refractivity contribution is -0.145. The summed E-state index contributed by atoms with van der Waals surface area (Å²) in [5, 5.41) is 2.69. The Hall–Kier alpha value is -2.95. The second kappa shape index (κ2) is 9.27. The molecule has 0 bridgehead atoms. The van der Waals surface area contributed by atoms with Crippen LogP contribution in [0.3, 0.4) is 0 Å². The highest BCUT2D eigenvalue weighted by Crippen LogP contribution is 2.31. The topological polar surface area (TPSA) is 89.0 Å². The van der Waals surface area contributed by atoms with Gasteiger partial charge in [0.1, 0.15) is 11.8 Å². The molecule has 1 fully saturated rings. The number of hydrogen-bond acceptors (Lipinski definition) is 8. The van der Waals surface area contributed by atoms with Crippen LogP contribution in [0.15, 0.2) is 64.9 Å². The minimum absolute atomic E-state index is 0.0984. The Morgan fingerprint density at radius 1 is 1.06 bits per heavy atom. The second-order valence-electron chi connectivity index (χ2n) is 7.16. The molecule has 2 heterocycles. The highest BCUT2D eigenvalue weighted by Gasteiger charge is 2.41. The third kappa shape index (κ3) is 4.34. The van der Waals surface area contributed by atoms with E-state index in [0.717, 1.165) is 16.4 Å². The summed E-state index contributed by atoms with van der Waals surface area (Å²) < 4.78 is 37.8. The number of hydrogen-bond donors (Lipinski definition) is 0. The van der Waals surface area contributed by atoms with E-state index in [-0.39, 0.29) is 18.0 Å². The zero-order valence-electron chi connectivity index (χ0n) is 17.7. The lowest BCUT2D eigenvalue weighted by atomic mass is 10.2. The van der Waals surface area contributed by atoms with Gasteiger partial charge in [-0.25, -0.2) is 13.4 Å². The second-order valence-corrected chi connectivity index (χ2v) is 9.88. The fourth-order valence-electron chi connectivity index (χ4n) is 3.59. The van der Waals surface area contributed by atoms with Gasteiger partial charge in [0, 0.05) is 30.6 Å². The van der Waals surface area contributed by atoms with E-state index in [1.165, 1.54) is 42.0 Å². The number of esters is 1. The molecule has 0 amide bonds. The van der Waals surface area contributed by atoms with Crippen molar-refractivity contribution >= 4 is 32.5 Å². The van der Waals surface area contributed by atoms with Crippen LogP contribution in [0.1, 0.15) is 0 Å². The first-order valence-electron chi connectivity index (χ1n) is 9.93. The Kier molecular flexibility index (Phi) is 6.45. The third-order valence-corrected chi connectivity index (χ3v) is 8.13. The Labute approximate surface area is 191 Å². The van der Waals surface area contributed by atoms with Gasteiger partial charge in [-0.2, -0.15) is 4.31 Å². The van der Waals surface area contributed by atoms with Crippen molar-refractivity contribution in [2.24, 2.45) is 0 Å². The number of aromatic nitrogens is 1. The summed E-state index contributed by atoms with van der Waals surface area (Å²) >= 11 is 1.46. The van der Waals surface area contributed by atoms with Crippen molar-refractivity contribution in [3.05, 3.63) is 60.0 Å². The molecule has 1 saturated heterocycles. The number of ether oxygens (including phenoxy) is 2. The summed E-state index contributed by atoms with van der Waals surface area (Å²) in [6.45, 7) is 0.697. The molecule has 2 aromatic carbocycles. The highest BCUT2D eigenvalue weighted by atomic mass is 32.2. The van der Waals surface area contributed by atoms with Gasteiger partial charge in [-0.15, -0.1) is 11.3 Å². The van der Waals surface area contributed by atoms with Crippen molar-refractivity contribution in [3.63, 3.8) is 0 Å². The molecule has 1 aromatic heterocycles. The van der Waals surface area contributed by atoms with E-state index < -0.39 is 22.0 Å². The van der Waals surface area contributed by atoms with Crippen molar-refractivity contribution in [2.75, 3.05) is 38.8 Å². The van der Waals surface area contributed by atoms with Gasteiger partial charge in [0.15, 0.2) is 5.13 Å². The van der Waals surface area contributed by atoms with E-state index in [4.69, 9.17) is 14.5 Å². The predicted molar refractivity (Wildman–Crippen MR) is 122 cm³/mol. The minimum atomic E-state index is -3.90. The number of carbonyl (C=O) groups is 1. The molecule has 168 valence electrons. The van der Waals surface area contributed by atoms with E-state index in [0.29, 0.717) is 12.3 Å². The van der Waals surface area contributed by atoms with Crippen LogP contribution in [0.25, 0.3) is 11.3 Å². The molecule has 1 aliphatic heterocycles. The molecule has 0 saturated carbocycles. The highest BCUT2D eigenvalue weighted by molar-refractivity contribution is 7.89. The summed E-state index contributed by atoms with van der Waals surface area (Å²) in [5.74, 6) is -0.0529. The maximum atomic E-state index is 13.3. The summed E-state index contributed by atoms with van der Waals surface area (Å²) in [4.78, 5) is 19.3. The number of sulfonamides is 1. The average molecular weight is 474 g/mol. The smallest absolute Gasteiger partial charge is 0.326 e. The molecular weight excluding hydrogens is 450 g/mol. The van der Waals surface area contributed by atoms with Gasteiger partial charge in [0.2, 0.25) is 10.0 Å². The normalized spacial score (nSPS) is 17.2. The van der Waals surface area contributed by atoms with E-state index in [9.17, 15) is 13.2 Å². The van der Waals surface area contributed by atoms with E-state index >= 15 is 0 Å². The molecule has 0 spiro atoms. The van der Waals surface area contributed by atoms with Gasteiger partial charge in [-0.05, 0) is 24.3 Å². The summed E-state index contributed by atoms with van der Waals surface area (Å²) in [7, 11) is -1.13. The fourth-order valence-corrected chi connectivity index (χ4v) is 6.02. The standard InChI is InChI=1S/C22H23N3O5S2/c1-29-17-8-10-18(11-9-17)32(27,28)25-13-12-24(14-20(25)21(26)30-2)22-23-19(15-31-22)16-6-4-3-5-7-16/h3-11,15,20H,12-14H2,1-2H3. The number of carbonyl (C=O) groups excluding carboxylic acids is 1. The van der Waals surface area contributed by atoms with Gasteiger partial charge in [0.05, 0.1) is 24.8 Å². The Morgan fingerprint density at radius 3 is 2.44 bits per heavy atom. The van der Waals surface area contributed by atoms with Crippen LogP contribution in [0.2, 0.25) is 0 Å². The average Bonchev–Trinajstić information content (AvgIpc) is 3.34. The molecule has 4 rings (SSSR count). The molecule has 8 nitrogen and oxygen atoms in total. The van der Waals surface area contributed by atoms with Crippen LogP contribution in [-0.2, 0) is 19.6 Å². The minimum Gasteiger partial charge on any atom is -0.497 e. The third-order valence-electron chi connectivity index (χ3n) is 5.30. The molecule has 10 heteroatoms. The molecule has 0 N–H and O–H groups in total. The van der Waals surface area contributed by atoms with Crippen molar-refractivity contribution in [2.45, 2.75) is 10.9 Å². The number of rotatable bonds is 6. The number of nitrogens with zero attached hydrogens (tertiary/aromatic N) is 3. The molecule has 1 atom stereocenters. The number of methoxy groups -OCH3 is 2. The van der Waals surface area contributed by atoms with Gasteiger partial charge in [-0.3, -0.25) is 4.79 Å². The Balaban J connectivity index is 1.59. The zero-order chi connectivity index (χ0) is 22.7. The van der Waals surface area contributed by atoms with E-state index in [2.05, 4.69) is 0 Å². The SMILES string of the molecule is COC(=O)C1CN(c2nc(-c3ccccc3)cs2)CCN1S(=O)(=O)c1ccc(OC)cc1. The van der Waals surface area contributed by atoms with Crippen molar-refractivity contribution in [1.29, 1.82) is 0 Å². The van der Waals surface area contributed by atoms with E-state index in [1.54, 1.807) is 12.1 Å². The molecule has 0 aliphatic carbocycles.